The van der Waals surface area contributed by atoms with E-state index in [0.29, 0.717) is 12.8 Å². The first-order valence-corrected chi connectivity index (χ1v) is 5.89. The Morgan fingerprint density at radius 3 is 2.87 bits per heavy atom. The van der Waals surface area contributed by atoms with Crippen LogP contribution in [0.2, 0.25) is 0 Å². The fourth-order valence-corrected chi connectivity index (χ4v) is 1.83. The van der Waals surface area contributed by atoms with Crippen LogP contribution in [0.25, 0.3) is 0 Å². The van der Waals surface area contributed by atoms with Gasteiger partial charge in [-0.2, -0.15) is 0 Å². The minimum absolute atomic E-state index is 0.183. The third kappa shape index (κ3) is 3.47. The molecule has 0 aliphatic rings. The zero-order valence-electron chi connectivity index (χ0n) is 8.95. The Bertz CT molecular complexity index is 352. The van der Waals surface area contributed by atoms with E-state index in [-0.39, 0.29) is 5.97 Å². The molecule has 3 nitrogen and oxygen atoms in total. The maximum atomic E-state index is 11.0. The molecule has 15 heavy (non-hydrogen) atoms. The largest absolute Gasteiger partial charge is 0.469 e. The smallest absolute Gasteiger partial charge is 0.305 e. The number of carbonyl (C=O) groups excluding carboxylic acids is 1. The molecule has 1 rings (SSSR count). The van der Waals surface area contributed by atoms with Crippen molar-refractivity contribution in [2.24, 2.45) is 0 Å². The summed E-state index contributed by atoms with van der Waals surface area (Å²) >= 11 is 1.61. The van der Waals surface area contributed by atoms with Crippen molar-refractivity contribution in [3.05, 3.63) is 23.8 Å². The van der Waals surface area contributed by atoms with Gasteiger partial charge in [-0.3, -0.25) is 4.79 Å². The SMILES string of the molecule is COC(=O)CCc1ccc(N)c(SC)c1. The van der Waals surface area contributed by atoms with E-state index in [0.717, 1.165) is 16.1 Å². The number of nitrogen functional groups attached to an aromatic ring is 1. The van der Waals surface area contributed by atoms with E-state index < -0.39 is 0 Å². The molecule has 0 atom stereocenters. The maximum Gasteiger partial charge on any atom is 0.305 e. The Labute approximate surface area is 94.0 Å². The molecule has 0 aromatic heterocycles. The topological polar surface area (TPSA) is 52.3 Å². The monoisotopic (exact) mass is 225 g/mol. The number of hydrogen-bond donors (Lipinski definition) is 1. The highest BCUT2D eigenvalue weighted by Crippen LogP contribution is 2.24. The molecule has 1 aromatic carbocycles. The van der Waals surface area contributed by atoms with Crippen molar-refractivity contribution in [1.82, 2.24) is 0 Å². The molecule has 0 unspecified atom stereocenters. The van der Waals surface area contributed by atoms with Gasteiger partial charge < -0.3 is 10.5 Å². The van der Waals surface area contributed by atoms with E-state index in [9.17, 15) is 4.79 Å². The molecule has 82 valence electrons. The van der Waals surface area contributed by atoms with E-state index in [2.05, 4.69) is 4.74 Å². The lowest BCUT2D eigenvalue weighted by molar-refractivity contribution is -0.140. The lowest BCUT2D eigenvalue weighted by atomic mass is 10.1. The second-order valence-corrected chi connectivity index (χ2v) is 4.00. The van der Waals surface area contributed by atoms with E-state index in [1.165, 1.54) is 7.11 Å². The number of nitrogens with two attached hydrogens (primary N) is 1. The third-order valence-electron chi connectivity index (χ3n) is 2.14. The minimum Gasteiger partial charge on any atom is -0.469 e. The van der Waals surface area contributed by atoms with Crippen molar-refractivity contribution in [3.63, 3.8) is 0 Å². The first-order chi connectivity index (χ1) is 7.17. The van der Waals surface area contributed by atoms with E-state index in [1.807, 2.05) is 24.5 Å². The summed E-state index contributed by atoms with van der Waals surface area (Å²) in [4.78, 5) is 12.0. The van der Waals surface area contributed by atoms with E-state index in [1.54, 1.807) is 11.8 Å². The van der Waals surface area contributed by atoms with E-state index in [4.69, 9.17) is 5.73 Å². The number of esters is 1. The van der Waals surface area contributed by atoms with Gasteiger partial charge in [0.05, 0.1) is 7.11 Å². The van der Waals surface area contributed by atoms with Gasteiger partial charge >= 0.3 is 5.97 Å². The quantitative estimate of drug-likeness (QED) is 0.484. The predicted octanol–water partition coefficient (Wildman–Crippen LogP) is 2.10. The van der Waals surface area contributed by atoms with Crippen LogP contribution in [0.5, 0.6) is 0 Å². The van der Waals surface area contributed by atoms with Gasteiger partial charge in [-0.25, -0.2) is 0 Å². The molecule has 0 heterocycles. The molecule has 0 fully saturated rings. The fourth-order valence-electron chi connectivity index (χ4n) is 1.26. The van der Waals surface area contributed by atoms with Gasteiger partial charge in [-0.05, 0) is 30.4 Å². The molecule has 0 bridgehead atoms. The number of ether oxygens (including phenoxy) is 1. The van der Waals surface area contributed by atoms with Gasteiger partial charge in [0, 0.05) is 17.0 Å². The Kier molecular flexibility index (Phi) is 4.49. The first-order valence-electron chi connectivity index (χ1n) is 4.66. The maximum absolute atomic E-state index is 11.0. The normalized spacial score (nSPS) is 10.0. The van der Waals surface area contributed by atoms with Gasteiger partial charge in [-0.1, -0.05) is 6.07 Å². The number of thioether (sulfide) groups is 1. The summed E-state index contributed by atoms with van der Waals surface area (Å²) in [5.41, 5.74) is 7.66. The van der Waals surface area contributed by atoms with Crippen molar-refractivity contribution in [3.8, 4) is 0 Å². The Morgan fingerprint density at radius 2 is 2.27 bits per heavy atom. The zero-order valence-corrected chi connectivity index (χ0v) is 9.76. The molecule has 1 aromatic rings. The summed E-state index contributed by atoms with van der Waals surface area (Å²) in [5.74, 6) is -0.183. The van der Waals surface area contributed by atoms with Crippen molar-refractivity contribution in [1.29, 1.82) is 0 Å². The molecular formula is C11H15NO2S. The zero-order chi connectivity index (χ0) is 11.3. The lowest BCUT2D eigenvalue weighted by Crippen LogP contribution is -2.02. The number of hydrogen-bond acceptors (Lipinski definition) is 4. The van der Waals surface area contributed by atoms with Gasteiger partial charge in [0.15, 0.2) is 0 Å². The number of rotatable bonds is 4. The highest BCUT2D eigenvalue weighted by molar-refractivity contribution is 7.98. The number of aryl methyl sites for hydroxylation is 1. The van der Waals surface area contributed by atoms with Crippen LogP contribution in [0, 0.1) is 0 Å². The van der Waals surface area contributed by atoms with Crippen LogP contribution in [0.4, 0.5) is 5.69 Å². The Hall–Kier alpha value is -1.16. The number of anilines is 1. The first kappa shape index (κ1) is 11.9. The van der Waals surface area contributed by atoms with Crippen LogP contribution in [-0.4, -0.2) is 19.3 Å². The second-order valence-electron chi connectivity index (χ2n) is 3.15. The standard InChI is InChI=1S/C11H15NO2S/c1-14-11(13)6-4-8-3-5-9(12)10(7-8)15-2/h3,5,7H,4,6,12H2,1-2H3. The van der Waals surface area contributed by atoms with Crippen LogP contribution < -0.4 is 5.73 Å². The molecule has 0 saturated heterocycles. The molecular weight excluding hydrogens is 210 g/mol. The molecule has 0 aliphatic carbocycles. The highest BCUT2D eigenvalue weighted by Gasteiger charge is 2.03. The van der Waals surface area contributed by atoms with Crippen molar-refractivity contribution in [2.75, 3.05) is 19.1 Å². The summed E-state index contributed by atoms with van der Waals surface area (Å²) in [7, 11) is 1.40. The average Bonchev–Trinajstić information content (AvgIpc) is 2.27. The predicted molar refractivity (Wildman–Crippen MR) is 63.0 cm³/mol. The third-order valence-corrected chi connectivity index (χ3v) is 2.94. The average molecular weight is 225 g/mol. The van der Waals surface area contributed by atoms with Gasteiger partial charge in [0.25, 0.3) is 0 Å². The minimum atomic E-state index is -0.183. The van der Waals surface area contributed by atoms with Gasteiger partial charge in [-0.15, -0.1) is 11.8 Å². The second kappa shape index (κ2) is 5.66. The number of methoxy groups -OCH3 is 1. The van der Waals surface area contributed by atoms with Gasteiger partial charge in [0.2, 0.25) is 0 Å². The Morgan fingerprint density at radius 1 is 1.53 bits per heavy atom. The van der Waals surface area contributed by atoms with E-state index >= 15 is 0 Å². The summed E-state index contributed by atoms with van der Waals surface area (Å²) < 4.78 is 4.58. The molecule has 0 saturated carbocycles. The number of carbonyl (C=O) groups is 1. The van der Waals surface area contributed by atoms with Crippen LogP contribution in [0.3, 0.4) is 0 Å². The summed E-state index contributed by atoms with van der Waals surface area (Å²) in [6.07, 6.45) is 3.09. The van der Waals surface area contributed by atoms with Crippen LogP contribution >= 0.6 is 11.8 Å². The highest BCUT2D eigenvalue weighted by atomic mass is 32.2. The summed E-state index contributed by atoms with van der Waals surface area (Å²) in [5, 5.41) is 0. The molecule has 0 aliphatic heterocycles. The molecule has 0 radical (unpaired) electrons. The fraction of sp³-hybridized carbons (Fsp3) is 0.364. The molecule has 4 heteroatoms. The number of benzene rings is 1. The summed E-state index contributed by atoms with van der Waals surface area (Å²) in [6.45, 7) is 0. The Balaban J connectivity index is 2.66. The lowest BCUT2D eigenvalue weighted by Gasteiger charge is -2.05. The van der Waals surface area contributed by atoms with Crippen molar-refractivity contribution in [2.45, 2.75) is 17.7 Å². The van der Waals surface area contributed by atoms with Crippen LogP contribution in [0.1, 0.15) is 12.0 Å². The van der Waals surface area contributed by atoms with Crippen molar-refractivity contribution >= 4 is 23.4 Å². The molecule has 0 spiro atoms. The summed E-state index contributed by atoms with van der Waals surface area (Å²) in [6, 6.07) is 5.83. The van der Waals surface area contributed by atoms with Crippen molar-refractivity contribution < 1.29 is 9.53 Å². The molecule has 2 N–H and O–H groups in total. The van der Waals surface area contributed by atoms with Crippen LogP contribution in [-0.2, 0) is 16.0 Å². The van der Waals surface area contributed by atoms with Crippen LogP contribution in [0.15, 0.2) is 23.1 Å². The van der Waals surface area contributed by atoms with Gasteiger partial charge in [0.1, 0.15) is 0 Å². The molecule has 0 amide bonds.